The minimum absolute atomic E-state index is 0.0200. The molecule has 17 nitrogen and oxygen atoms in total. The quantitative estimate of drug-likeness (QED) is 0.0350. The number of halogens is 2. The Morgan fingerprint density at radius 3 is 1.75 bits per heavy atom. The third-order valence-electron chi connectivity index (χ3n) is 8.01. The number of likely N-dealkylation sites (tertiary alicyclic amines) is 2. The average molecular weight is 1070 g/mol. The molecule has 9 atom stereocenters. The van der Waals surface area contributed by atoms with Crippen LogP contribution in [0, 0.1) is 0 Å². The minimum atomic E-state index is -1.06. The van der Waals surface area contributed by atoms with Gasteiger partial charge in [0, 0.05) is 51.3 Å². The number of carbonyl (C=O) groups is 9. The van der Waals surface area contributed by atoms with Crippen molar-refractivity contribution in [2.45, 2.75) is 115 Å². The SMILES string of the molecule is CCOC(C)C(C)=O.CNC(CC(=O)NC(C)NC(=O)CCN1C(=O)CC(SB(P)I)C1=O)CC(=O)NC(C)NC(=O)C(C)N1C(=O)CC(SB(P)I)C1=O. The maximum absolute atomic E-state index is 12.8. The van der Waals surface area contributed by atoms with E-state index in [2.05, 4.69) is 89.6 Å². The fraction of sp³-hybridized carbons (Fsp3) is 0.700. The van der Waals surface area contributed by atoms with Crippen LogP contribution in [0.3, 0.4) is 0 Å². The normalized spacial score (nSPS) is 19.4. The Morgan fingerprint density at radius 2 is 1.29 bits per heavy atom. The van der Waals surface area contributed by atoms with Crippen LogP contribution in [0.15, 0.2) is 0 Å². The molecule has 2 aliphatic rings. The molecule has 0 aromatic carbocycles. The lowest BCUT2D eigenvalue weighted by atomic mass is 10.1. The van der Waals surface area contributed by atoms with Crippen LogP contribution < -0.4 is 26.6 Å². The van der Waals surface area contributed by atoms with Gasteiger partial charge in [0.25, 0.3) is 0 Å². The maximum atomic E-state index is 12.8. The van der Waals surface area contributed by atoms with Gasteiger partial charge in [0.2, 0.25) is 47.3 Å². The molecule has 55 heavy (non-hydrogen) atoms. The second-order valence-corrected chi connectivity index (χ2v) is 24.6. The van der Waals surface area contributed by atoms with E-state index in [4.69, 9.17) is 4.74 Å². The molecule has 2 aliphatic heterocycles. The molecule has 308 valence electrons. The van der Waals surface area contributed by atoms with Gasteiger partial charge < -0.3 is 31.3 Å². The van der Waals surface area contributed by atoms with E-state index in [-0.39, 0.29) is 69.5 Å². The summed E-state index contributed by atoms with van der Waals surface area (Å²) < 4.78 is 5.06. The number of Topliss-reactive ketones (excluding diaryl/α,β-unsaturated/α-hetero) is 1. The van der Waals surface area contributed by atoms with Gasteiger partial charge in [0.1, 0.15) is 12.1 Å². The zero-order valence-electron chi connectivity index (χ0n) is 31.8. The molecular weight excluding hydrogens is 1020 g/mol. The van der Waals surface area contributed by atoms with E-state index in [1.807, 2.05) is 6.92 Å². The lowest BCUT2D eigenvalue weighted by Gasteiger charge is -2.25. The van der Waals surface area contributed by atoms with Crippen LogP contribution in [-0.2, 0) is 47.9 Å². The molecule has 8 amide bonds. The summed E-state index contributed by atoms with van der Waals surface area (Å²) in [7, 11) is 6.69. The Balaban J connectivity index is 0.00000169. The third-order valence-corrected chi connectivity index (χ3v) is 12.6. The molecule has 0 radical (unpaired) electrons. The number of ketones is 1. The van der Waals surface area contributed by atoms with E-state index in [0.717, 1.165) is 9.80 Å². The first-order valence-corrected chi connectivity index (χ1v) is 23.1. The second kappa shape index (κ2) is 26.1. The lowest BCUT2D eigenvalue weighted by Crippen LogP contribution is -2.54. The Bertz CT molecular complexity index is 1430. The molecule has 9 unspecified atom stereocenters. The predicted octanol–water partition coefficient (Wildman–Crippen LogP) is 0.602. The summed E-state index contributed by atoms with van der Waals surface area (Å²) in [6.07, 6.45) is -2.00. The fourth-order valence-corrected chi connectivity index (χ4v) is 10.0. The van der Waals surface area contributed by atoms with Crippen molar-refractivity contribution in [3.8, 4) is 0 Å². The number of carbonyl (C=O) groups excluding carboxylic acids is 9. The number of nitrogens with one attached hydrogen (secondary N) is 5. The van der Waals surface area contributed by atoms with Gasteiger partial charge in [-0.25, -0.2) is 0 Å². The Kier molecular flexibility index (Phi) is 24.6. The van der Waals surface area contributed by atoms with Gasteiger partial charge in [0.05, 0.1) is 22.8 Å². The van der Waals surface area contributed by atoms with Gasteiger partial charge in [-0.1, -0.05) is 0 Å². The lowest BCUT2D eigenvalue weighted by molar-refractivity contribution is -0.146. The van der Waals surface area contributed by atoms with Crippen LogP contribution >= 0.6 is 86.2 Å². The molecule has 2 saturated heterocycles. The summed E-state index contributed by atoms with van der Waals surface area (Å²) in [6.45, 7) is 10.3. The number of rotatable bonds is 21. The molecule has 0 aromatic rings. The smallest absolute Gasteiger partial charge is 0.303 e. The van der Waals surface area contributed by atoms with Crippen molar-refractivity contribution in [3.63, 3.8) is 0 Å². The van der Waals surface area contributed by atoms with Gasteiger partial charge in [-0.2, -0.15) is 23.2 Å². The van der Waals surface area contributed by atoms with Crippen molar-refractivity contribution in [2.24, 2.45) is 0 Å². The van der Waals surface area contributed by atoms with Gasteiger partial charge in [-0.3, -0.25) is 53.0 Å². The number of nitrogens with zero attached hydrogens (tertiary/aromatic N) is 2. The maximum Gasteiger partial charge on any atom is 0.303 e. The van der Waals surface area contributed by atoms with Crippen molar-refractivity contribution in [3.05, 3.63) is 0 Å². The predicted molar refractivity (Wildman–Crippen MR) is 239 cm³/mol. The van der Waals surface area contributed by atoms with Crippen molar-refractivity contribution in [1.82, 2.24) is 36.4 Å². The topological polar surface area (TPSA) is 229 Å². The largest absolute Gasteiger partial charge is 0.371 e. The molecule has 0 spiro atoms. The number of imide groups is 2. The van der Waals surface area contributed by atoms with Crippen LogP contribution in [0.25, 0.3) is 0 Å². The molecule has 2 fully saturated rings. The molecule has 0 saturated carbocycles. The molecule has 2 heterocycles. The first kappa shape index (κ1) is 51.9. The van der Waals surface area contributed by atoms with Gasteiger partial charge in [-0.15, -0.1) is 63.0 Å². The molecule has 2 rings (SSSR count). The highest BCUT2D eigenvalue weighted by atomic mass is 127. The Labute approximate surface area is 362 Å². The molecule has 5 N–H and O–H groups in total. The number of hydrogen-bond donors (Lipinski definition) is 5. The summed E-state index contributed by atoms with van der Waals surface area (Å²) in [5.41, 5.74) is 0. The number of hydrogen-bond acceptors (Lipinski definition) is 13. The van der Waals surface area contributed by atoms with Crippen LogP contribution in [0.5, 0.6) is 0 Å². The van der Waals surface area contributed by atoms with Gasteiger partial charge >= 0.3 is 7.13 Å². The Hall–Kier alpha value is -1.10. The van der Waals surface area contributed by atoms with Crippen LogP contribution in [0.1, 0.15) is 73.6 Å². The van der Waals surface area contributed by atoms with Crippen molar-refractivity contribution < 1.29 is 47.9 Å². The molecule has 25 heteroatoms. The number of amides is 8. The second-order valence-electron chi connectivity index (χ2n) is 12.5. The summed E-state index contributed by atoms with van der Waals surface area (Å²) in [5.74, 6) is -3.35. The van der Waals surface area contributed by atoms with Crippen LogP contribution in [0.2, 0.25) is 0 Å². The minimum Gasteiger partial charge on any atom is -0.371 e. The average Bonchev–Trinajstić information content (AvgIpc) is 3.49. The highest BCUT2D eigenvalue weighted by Crippen LogP contribution is 2.33. The standard InChI is InChI=1S/C24H39B2I2N7O8P2S2.C6H12O2/c1-11(35-21(40)10-16(24(35)43)47-26(28)45)22(41)33-13(3)32-19(38)8-14(29-4)7-18(37)31-12(2)30-17(36)5-6-34-20(39)9-15(23(34)42)46-25(27)44;1-4-8-6(3)5(2)7/h11-16,29H,5-10,44-45H2,1-4H3,(H,30,36)(H,31,37)(H,32,38)(H,33,41);6H,4H2,1-3H3. The van der Waals surface area contributed by atoms with E-state index < -0.39 is 70.4 Å². The zero-order valence-corrected chi connectivity index (χ0v) is 40.1. The van der Waals surface area contributed by atoms with Gasteiger partial charge in [0.15, 0.2) is 5.78 Å². The summed E-state index contributed by atoms with van der Waals surface area (Å²) >= 11 is 6.94. The monoisotopic (exact) mass is 1070 g/mol. The van der Waals surface area contributed by atoms with E-state index >= 15 is 0 Å². The fourth-order valence-electron chi connectivity index (χ4n) is 5.19. The Morgan fingerprint density at radius 1 is 0.818 bits per heavy atom. The van der Waals surface area contributed by atoms with Crippen LogP contribution in [0.4, 0.5) is 0 Å². The van der Waals surface area contributed by atoms with E-state index in [9.17, 15) is 43.2 Å². The van der Waals surface area contributed by atoms with Crippen molar-refractivity contribution >= 4 is 146 Å². The molecular formula is C30H51B2I2N7O10P2S2. The molecule has 0 aliphatic carbocycles. The van der Waals surface area contributed by atoms with Gasteiger partial charge in [-0.05, 0) is 48.6 Å². The van der Waals surface area contributed by atoms with Crippen LogP contribution in [-0.4, -0.2) is 131 Å². The summed E-state index contributed by atoms with van der Waals surface area (Å²) in [5, 5.41) is 12.3. The summed E-state index contributed by atoms with van der Waals surface area (Å²) in [6, 6.07) is -1.63. The van der Waals surface area contributed by atoms with Crippen molar-refractivity contribution in [2.75, 3.05) is 20.2 Å². The van der Waals surface area contributed by atoms with E-state index in [0.29, 0.717) is 6.61 Å². The summed E-state index contributed by atoms with van der Waals surface area (Å²) in [4.78, 5) is 113. The van der Waals surface area contributed by atoms with Crippen molar-refractivity contribution in [1.29, 1.82) is 0 Å². The molecule has 0 aromatic heterocycles. The zero-order chi connectivity index (χ0) is 42.2. The third kappa shape index (κ3) is 19.0. The molecule has 0 bridgehead atoms. The highest BCUT2D eigenvalue weighted by Gasteiger charge is 2.44. The van der Waals surface area contributed by atoms with E-state index in [1.165, 1.54) is 44.0 Å². The first-order valence-electron chi connectivity index (χ1n) is 17.4. The first-order chi connectivity index (χ1) is 25.6. The number of ether oxygens (including phenoxy) is 1. The van der Waals surface area contributed by atoms with E-state index in [1.54, 1.807) is 20.9 Å². The highest BCUT2D eigenvalue weighted by molar-refractivity contribution is 14.1.